The molecule has 0 aliphatic rings. The molecular formula is C7H8N4OS. The van der Waals surface area contributed by atoms with Gasteiger partial charge < -0.3 is 5.11 Å². The molecule has 0 spiro atoms. The molecule has 13 heavy (non-hydrogen) atoms. The zero-order chi connectivity index (χ0) is 9.10. The summed E-state index contributed by atoms with van der Waals surface area (Å²) >= 11 is 1.50. The molecule has 0 aromatic carbocycles. The van der Waals surface area contributed by atoms with Gasteiger partial charge in [0, 0.05) is 5.75 Å². The number of hydrogen-bond acceptors (Lipinski definition) is 5. The summed E-state index contributed by atoms with van der Waals surface area (Å²) in [5.74, 6) is 0.653. The lowest BCUT2D eigenvalue weighted by molar-refractivity contribution is 0.322. The Morgan fingerprint density at radius 3 is 3.23 bits per heavy atom. The highest BCUT2D eigenvalue weighted by molar-refractivity contribution is 7.99. The number of aliphatic hydroxyl groups is 1. The van der Waals surface area contributed by atoms with Gasteiger partial charge in [-0.15, -0.1) is 22.0 Å². The molecule has 2 aromatic heterocycles. The number of thioether (sulfide) groups is 1. The molecular weight excluding hydrogens is 188 g/mol. The van der Waals surface area contributed by atoms with Gasteiger partial charge in [-0.25, -0.2) is 0 Å². The summed E-state index contributed by atoms with van der Waals surface area (Å²) < 4.78 is 1.61. The first-order valence-corrected chi connectivity index (χ1v) is 4.79. The maximum Gasteiger partial charge on any atom is 0.177 e. The van der Waals surface area contributed by atoms with Crippen LogP contribution in [-0.4, -0.2) is 37.3 Å². The van der Waals surface area contributed by atoms with E-state index in [1.165, 1.54) is 11.8 Å². The molecule has 0 atom stereocenters. The largest absolute Gasteiger partial charge is 0.396 e. The van der Waals surface area contributed by atoms with Gasteiger partial charge in [-0.3, -0.25) is 0 Å². The average molecular weight is 196 g/mol. The lowest BCUT2D eigenvalue weighted by Gasteiger charge is -1.97. The summed E-state index contributed by atoms with van der Waals surface area (Å²) in [6.45, 7) is 0.159. The van der Waals surface area contributed by atoms with Crippen LogP contribution in [0.4, 0.5) is 0 Å². The highest BCUT2D eigenvalue weighted by Gasteiger charge is 1.98. The van der Waals surface area contributed by atoms with Crippen LogP contribution in [0.25, 0.3) is 5.65 Å². The zero-order valence-corrected chi connectivity index (χ0v) is 7.61. The number of rotatable bonds is 3. The Kier molecular flexibility index (Phi) is 2.42. The molecule has 2 rings (SSSR count). The quantitative estimate of drug-likeness (QED) is 0.711. The van der Waals surface area contributed by atoms with Crippen molar-refractivity contribution in [1.82, 2.24) is 19.8 Å². The van der Waals surface area contributed by atoms with E-state index in [4.69, 9.17) is 5.11 Å². The van der Waals surface area contributed by atoms with Gasteiger partial charge >= 0.3 is 0 Å². The standard InChI is InChI=1S/C7H8N4OS/c12-3-4-13-7-2-1-6-9-8-5-11(6)10-7/h1-2,5,12H,3-4H2. The second kappa shape index (κ2) is 3.71. The first-order valence-electron chi connectivity index (χ1n) is 3.81. The van der Waals surface area contributed by atoms with Gasteiger partial charge in [0.25, 0.3) is 0 Å². The van der Waals surface area contributed by atoms with Crippen LogP contribution in [0.5, 0.6) is 0 Å². The third-order valence-electron chi connectivity index (χ3n) is 1.48. The van der Waals surface area contributed by atoms with Crippen LogP contribution >= 0.6 is 11.8 Å². The monoisotopic (exact) mass is 196 g/mol. The highest BCUT2D eigenvalue weighted by Crippen LogP contribution is 2.13. The molecule has 2 aromatic rings. The van der Waals surface area contributed by atoms with Gasteiger partial charge in [0.2, 0.25) is 0 Å². The summed E-state index contributed by atoms with van der Waals surface area (Å²) in [5.41, 5.74) is 0.730. The minimum absolute atomic E-state index is 0.159. The van der Waals surface area contributed by atoms with Crippen molar-refractivity contribution in [3.63, 3.8) is 0 Å². The fraction of sp³-hybridized carbons (Fsp3) is 0.286. The smallest absolute Gasteiger partial charge is 0.177 e. The molecule has 0 aliphatic carbocycles. The van der Waals surface area contributed by atoms with E-state index in [0.717, 1.165) is 10.7 Å². The van der Waals surface area contributed by atoms with E-state index < -0.39 is 0 Å². The molecule has 0 fully saturated rings. The predicted octanol–water partition coefficient (Wildman–Crippen LogP) is 0.209. The van der Waals surface area contributed by atoms with Crippen molar-refractivity contribution in [3.8, 4) is 0 Å². The van der Waals surface area contributed by atoms with Crippen LogP contribution in [0, 0.1) is 0 Å². The van der Waals surface area contributed by atoms with Crippen LogP contribution in [-0.2, 0) is 0 Å². The normalized spacial score (nSPS) is 10.8. The fourth-order valence-electron chi connectivity index (χ4n) is 0.938. The van der Waals surface area contributed by atoms with Gasteiger partial charge in [-0.05, 0) is 12.1 Å². The molecule has 0 aliphatic heterocycles. The van der Waals surface area contributed by atoms with Gasteiger partial charge in [0.05, 0.1) is 6.61 Å². The third kappa shape index (κ3) is 1.78. The molecule has 0 radical (unpaired) electrons. The maximum absolute atomic E-state index is 8.62. The van der Waals surface area contributed by atoms with Crippen LogP contribution in [0.3, 0.4) is 0 Å². The maximum atomic E-state index is 8.62. The molecule has 0 amide bonds. The zero-order valence-electron chi connectivity index (χ0n) is 6.79. The van der Waals surface area contributed by atoms with Crippen molar-refractivity contribution in [2.75, 3.05) is 12.4 Å². The molecule has 0 saturated carbocycles. The molecule has 0 unspecified atom stereocenters. The molecule has 68 valence electrons. The molecule has 6 heteroatoms. The number of fused-ring (bicyclic) bond motifs is 1. The first kappa shape index (κ1) is 8.46. The summed E-state index contributed by atoms with van der Waals surface area (Å²) in [7, 11) is 0. The molecule has 5 nitrogen and oxygen atoms in total. The van der Waals surface area contributed by atoms with Gasteiger partial charge in [-0.1, -0.05) is 0 Å². The number of aliphatic hydroxyl groups excluding tert-OH is 1. The lowest BCUT2D eigenvalue weighted by Crippen LogP contribution is -1.93. The Balaban J connectivity index is 2.26. The van der Waals surface area contributed by atoms with E-state index >= 15 is 0 Å². The Morgan fingerprint density at radius 1 is 1.46 bits per heavy atom. The minimum atomic E-state index is 0.159. The molecule has 0 saturated heterocycles. The van der Waals surface area contributed by atoms with Crippen LogP contribution in [0.2, 0.25) is 0 Å². The lowest BCUT2D eigenvalue weighted by atomic mass is 10.6. The van der Waals surface area contributed by atoms with Crippen molar-refractivity contribution in [3.05, 3.63) is 18.5 Å². The Morgan fingerprint density at radius 2 is 2.38 bits per heavy atom. The summed E-state index contributed by atoms with van der Waals surface area (Å²) in [6, 6.07) is 3.71. The molecule has 1 N–H and O–H groups in total. The second-order valence-corrected chi connectivity index (χ2v) is 3.49. The Labute approximate surface area is 78.8 Å². The third-order valence-corrected chi connectivity index (χ3v) is 2.38. The van der Waals surface area contributed by atoms with E-state index in [2.05, 4.69) is 15.3 Å². The number of aromatic nitrogens is 4. The van der Waals surface area contributed by atoms with Crippen molar-refractivity contribution in [2.24, 2.45) is 0 Å². The highest BCUT2D eigenvalue weighted by atomic mass is 32.2. The van der Waals surface area contributed by atoms with Gasteiger partial charge in [-0.2, -0.15) is 9.61 Å². The van der Waals surface area contributed by atoms with Crippen LogP contribution in [0.15, 0.2) is 23.5 Å². The van der Waals surface area contributed by atoms with E-state index in [-0.39, 0.29) is 6.61 Å². The van der Waals surface area contributed by atoms with E-state index in [9.17, 15) is 0 Å². The first-order chi connectivity index (χ1) is 6.40. The van der Waals surface area contributed by atoms with E-state index in [1.54, 1.807) is 10.8 Å². The van der Waals surface area contributed by atoms with Crippen molar-refractivity contribution in [2.45, 2.75) is 5.03 Å². The predicted molar refractivity (Wildman–Crippen MR) is 48.6 cm³/mol. The SMILES string of the molecule is OCCSc1ccc2nncn2n1. The summed E-state index contributed by atoms with van der Waals surface area (Å²) in [6.07, 6.45) is 1.55. The second-order valence-electron chi connectivity index (χ2n) is 2.38. The minimum Gasteiger partial charge on any atom is -0.396 e. The van der Waals surface area contributed by atoms with Gasteiger partial charge in [0.1, 0.15) is 11.4 Å². The average Bonchev–Trinajstić information content (AvgIpc) is 2.61. The molecule has 2 heterocycles. The summed E-state index contributed by atoms with van der Waals surface area (Å²) in [4.78, 5) is 0. The van der Waals surface area contributed by atoms with E-state index in [0.29, 0.717) is 5.75 Å². The fourth-order valence-corrected chi connectivity index (χ4v) is 1.55. The molecule has 0 bridgehead atoms. The van der Waals surface area contributed by atoms with Crippen molar-refractivity contribution < 1.29 is 5.11 Å². The van der Waals surface area contributed by atoms with Crippen LogP contribution in [0.1, 0.15) is 0 Å². The topological polar surface area (TPSA) is 63.3 Å². The number of hydrogen-bond donors (Lipinski definition) is 1. The Bertz CT molecular complexity index is 402. The van der Waals surface area contributed by atoms with Crippen molar-refractivity contribution in [1.29, 1.82) is 0 Å². The summed E-state index contributed by atoms with van der Waals surface area (Å²) in [5, 5.41) is 21.2. The van der Waals surface area contributed by atoms with Gasteiger partial charge in [0.15, 0.2) is 5.65 Å². The van der Waals surface area contributed by atoms with Crippen LogP contribution < -0.4 is 0 Å². The number of nitrogens with zero attached hydrogens (tertiary/aromatic N) is 4. The Hall–Kier alpha value is -1.14. The van der Waals surface area contributed by atoms with Crippen molar-refractivity contribution >= 4 is 17.4 Å². The van der Waals surface area contributed by atoms with E-state index in [1.807, 2.05) is 12.1 Å².